The number of hydrogen-bond donors (Lipinski definition) is 1. The molecule has 0 aromatic carbocycles. The van der Waals surface area contributed by atoms with Gasteiger partial charge in [-0.15, -0.1) is 0 Å². The van der Waals surface area contributed by atoms with Crippen molar-refractivity contribution < 1.29 is 37.3 Å². The number of esters is 1. The third kappa shape index (κ3) is 58.1. The van der Waals surface area contributed by atoms with Crippen LogP contribution in [-0.2, 0) is 27.9 Å². The first-order valence-corrected chi connectivity index (χ1v) is 34.2. The molecule has 0 aromatic heterocycles. The van der Waals surface area contributed by atoms with Crippen LogP contribution in [0.5, 0.6) is 0 Å². The van der Waals surface area contributed by atoms with Crippen LogP contribution in [0.2, 0.25) is 0 Å². The van der Waals surface area contributed by atoms with Crippen molar-refractivity contribution in [2.75, 3.05) is 40.9 Å². The Morgan fingerprint density at radius 1 is 0.449 bits per heavy atom. The lowest BCUT2D eigenvalue weighted by Crippen LogP contribution is -2.47. The number of allylic oxidation sites excluding steroid dienone is 11. The van der Waals surface area contributed by atoms with E-state index in [1.807, 2.05) is 33.3 Å². The highest BCUT2D eigenvalue weighted by molar-refractivity contribution is 7.45. The maximum Gasteiger partial charge on any atom is 0.306 e. The third-order valence-electron chi connectivity index (χ3n) is 14.4. The Bertz CT molecular complexity index is 1570. The van der Waals surface area contributed by atoms with Crippen LogP contribution in [0.15, 0.2) is 72.9 Å². The van der Waals surface area contributed by atoms with Crippen LogP contribution >= 0.6 is 7.82 Å². The Hall–Kier alpha value is -2.55. The molecule has 0 heterocycles. The van der Waals surface area contributed by atoms with Crippen molar-refractivity contribution in [1.82, 2.24) is 5.32 Å². The molecular weight excluding hydrogens is 988 g/mol. The second-order valence-electron chi connectivity index (χ2n) is 23.3. The van der Waals surface area contributed by atoms with Crippen LogP contribution < -0.4 is 10.2 Å². The molecule has 1 amide bonds. The molecule has 3 unspecified atom stereocenters. The highest BCUT2D eigenvalue weighted by Gasteiger charge is 2.27. The van der Waals surface area contributed by atoms with E-state index in [0.717, 1.165) is 103 Å². The molecule has 0 radical (unpaired) electrons. The van der Waals surface area contributed by atoms with Crippen LogP contribution in [-0.4, -0.2) is 69.4 Å². The van der Waals surface area contributed by atoms with E-state index in [-0.39, 0.29) is 24.9 Å². The first kappa shape index (κ1) is 75.5. The van der Waals surface area contributed by atoms with Gasteiger partial charge in [-0.1, -0.05) is 255 Å². The number of phosphoric ester groups is 1. The predicted molar refractivity (Wildman–Crippen MR) is 335 cm³/mol. The summed E-state index contributed by atoms with van der Waals surface area (Å²) in [5.74, 6) is -0.550. The number of likely N-dealkylation sites (N-methyl/N-ethyl adjacent to an activating group) is 1. The molecule has 0 spiro atoms. The average Bonchev–Trinajstić information content (AvgIpc) is 3.40. The van der Waals surface area contributed by atoms with E-state index in [1.54, 1.807) is 0 Å². The molecule has 3 atom stereocenters. The highest BCUT2D eigenvalue weighted by Crippen LogP contribution is 2.38. The summed E-state index contributed by atoms with van der Waals surface area (Å²) < 4.78 is 30.4. The summed E-state index contributed by atoms with van der Waals surface area (Å²) in [6, 6.07) is -0.896. The van der Waals surface area contributed by atoms with Crippen LogP contribution in [0.1, 0.15) is 297 Å². The smallest absolute Gasteiger partial charge is 0.306 e. The molecule has 0 aliphatic carbocycles. The lowest BCUT2D eigenvalue weighted by molar-refractivity contribution is -0.870. The van der Waals surface area contributed by atoms with Gasteiger partial charge in [0.25, 0.3) is 7.82 Å². The summed E-state index contributed by atoms with van der Waals surface area (Å²) in [6.07, 6.45) is 74.3. The molecule has 0 aromatic rings. The van der Waals surface area contributed by atoms with Gasteiger partial charge in [0.05, 0.1) is 33.8 Å². The van der Waals surface area contributed by atoms with Gasteiger partial charge in [0.2, 0.25) is 5.91 Å². The van der Waals surface area contributed by atoms with E-state index in [1.165, 1.54) is 161 Å². The highest BCUT2D eigenvalue weighted by atomic mass is 31.2. The van der Waals surface area contributed by atoms with E-state index < -0.39 is 26.6 Å². The number of quaternary nitrogens is 1. The molecule has 0 saturated carbocycles. The monoisotopic (exact) mass is 1110 g/mol. The first-order chi connectivity index (χ1) is 37.9. The van der Waals surface area contributed by atoms with Crippen molar-refractivity contribution in [1.29, 1.82) is 0 Å². The first-order valence-electron chi connectivity index (χ1n) is 32.7. The van der Waals surface area contributed by atoms with Crippen molar-refractivity contribution in [3.8, 4) is 0 Å². The second kappa shape index (κ2) is 57.7. The van der Waals surface area contributed by atoms with E-state index >= 15 is 0 Å². The van der Waals surface area contributed by atoms with Gasteiger partial charge in [-0.2, -0.15) is 0 Å². The molecule has 0 rings (SSSR count). The van der Waals surface area contributed by atoms with E-state index in [9.17, 15) is 19.0 Å². The normalized spacial score (nSPS) is 14.1. The molecule has 0 aliphatic heterocycles. The van der Waals surface area contributed by atoms with Crippen molar-refractivity contribution in [3.63, 3.8) is 0 Å². The maximum atomic E-state index is 13.6. The van der Waals surface area contributed by atoms with Gasteiger partial charge in [-0.25, -0.2) is 0 Å². The topological polar surface area (TPSA) is 114 Å². The molecule has 10 heteroatoms. The van der Waals surface area contributed by atoms with Crippen LogP contribution in [0.4, 0.5) is 0 Å². The molecule has 78 heavy (non-hydrogen) atoms. The Morgan fingerprint density at radius 2 is 0.782 bits per heavy atom. The molecule has 9 nitrogen and oxygen atoms in total. The SMILES string of the molecule is CCCCC/C=C\C/C=C\C/C=C\CCCCCCCCCCCCC(=O)NC(COP(=O)([O-])OCC[N+](C)(C)C)C(/C=C\CCCCCCCCCCCC)OC(=O)CCCCCCCCC/C=C\C/C=C\CCCCC. The number of carbonyl (C=O) groups is 2. The Kier molecular flexibility index (Phi) is 55.8. The van der Waals surface area contributed by atoms with E-state index in [2.05, 4.69) is 86.8 Å². The standard InChI is InChI=1S/C68H125N2O7P/c1-7-10-13-16-19-22-25-28-30-32-33-34-35-36-37-39-40-42-45-48-51-54-57-60-67(71)69-65(64-76-78(73,74)75-63-62-70(4,5)6)66(59-56-53-50-47-44-27-24-21-18-15-12-9-3)77-68(72)61-58-55-52-49-46-43-41-38-31-29-26-23-20-17-14-11-8-2/h19-20,22-23,28-31,33-34,56,59,65-66H,7-18,21,24-27,32,35-55,57-58,60-64H2,1-6H3,(H-,69,71,73,74)/b22-19-,23-20-,30-28-,31-29-,34-33-,59-56-. The number of ether oxygens (including phenoxy) is 1. The zero-order valence-corrected chi connectivity index (χ0v) is 52.8. The number of phosphoric acid groups is 1. The fourth-order valence-corrected chi connectivity index (χ4v) is 9.99. The van der Waals surface area contributed by atoms with Gasteiger partial charge in [0.1, 0.15) is 19.3 Å². The van der Waals surface area contributed by atoms with Gasteiger partial charge < -0.3 is 28.5 Å². The van der Waals surface area contributed by atoms with Crippen LogP contribution in [0.25, 0.3) is 0 Å². The minimum atomic E-state index is -4.71. The van der Waals surface area contributed by atoms with Crippen molar-refractivity contribution >= 4 is 19.7 Å². The van der Waals surface area contributed by atoms with Crippen molar-refractivity contribution in [2.45, 2.75) is 309 Å². The number of carbonyl (C=O) groups excluding carboxylic acids is 2. The lowest BCUT2D eigenvalue weighted by atomic mass is 10.0. The van der Waals surface area contributed by atoms with Gasteiger partial charge in [0, 0.05) is 12.8 Å². The molecule has 0 saturated heterocycles. The van der Waals surface area contributed by atoms with Crippen LogP contribution in [0, 0.1) is 0 Å². The second-order valence-corrected chi connectivity index (χ2v) is 24.7. The van der Waals surface area contributed by atoms with Gasteiger partial charge in [-0.05, 0) is 102 Å². The zero-order chi connectivity index (χ0) is 57.2. The van der Waals surface area contributed by atoms with Crippen LogP contribution in [0.3, 0.4) is 0 Å². The maximum absolute atomic E-state index is 13.6. The summed E-state index contributed by atoms with van der Waals surface area (Å²) in [5, 5.41) is 3.03. The minimum Gasteiger partial charge on any atom is -0.756 e. The number of hydrogen-bond acceptors (Lipinski definition) is 7. The quantitative estimate of drug-likeness (QED) is 0.0212. The summed E-state index contributed by atoms with van der Waals surface area (Å²) in [5.41, 5.74) is 0. The Balaban J connectivity index is 5.18. The number of nitrogens with one attached hydrogen (secondary N) is 1. The molecule has 0 fully saturated rings. The molecule has 454 valence electrons. The molecule has 0 aliphatic rings. The predicted octanol–water partition coefficient (Wildman–Crippen LogP) is 19.8. The molecule has 1 N–H and O–H groups in total. The lowest BCUT2D eigenvalue weighted by Gasteiger charge is -2.30. The van der Waals surface area contributed by atoms with Gasteiger partial charge in [0.15, 0.2) is 0 Å². The van der Waals surface area contributed by atoms with Gasteiger partial charge in [-0.3, -0.25) is 14.2 Å². The Labute approximate surface area is 483 Å². The average molecular weight is 1110 g/mol. The summed E-state index contributed by atoms with van der Waals surface area (Å²) >= 11 is 0. The van der Waals surface area contributed by atoms with Crippen molar-refractivity contribution in [3.05, 3.63) is 72.9 Å². The zero-order valence-electron chi connectivity index (χ0n) is 51.9. The molecular formula is C68H125N2O7P. The summed E-state index contributed by atoms with van der Waals surface area (Å²) in [6.45, 7) is 6.80. The minimum absolute atomic E-state index is 0.0263. The summed E-state index contributed by atoms with van der Waals surface area (Å²) in [7, 11) is 1.18. The van der Waals surface area contributed by atoms with Gasteiger partial charge >= 0.3 is 5.97 Å². The largest absolute Gasteiger partial charge is 0.756 e. The molecule has 0 bridgehead atoms. The fourth-order valence-electron chi connectivity index (χ4n) is 9.27. The Morgan fingerprint density at radius 3 is 1.19 bits per heavy atom. The number of nitrogens with zero attached hydrogens (tertiary/aromatic N) is 1. The number of unbranched alkanes of at least 4 members (excludes halogenated alkanes) is 33. The van der Waals surface area contributed by atoms with E-state index in [0.29, 0.717) is 17.4 Å². The number of amides is 1. The fraction of sp³-hybridized carbons (Fsp3) is 0.794. The summed E-state index contributed by atoms with van der Waals surface area (Å²) in [4.78, 5) is 40.1. The van der Waals surface area contributed by atoms with Crippen molar-refractivity contribution in [2.24, 2.45) is 0 Å². The van der Waals surface area contributed by atoms with E-state index in [4.69, 9.17) is 13.8 Å². The number of rotatable bonds is 59. The third-order valence-corrected chi connectivity index (χ3v) is 15.3.